The van der Waals surface area contributed by atoms with Gasteiger partial charge in [-0.05, 0) is 48.4 Å². The van der Waals surface area contributed by atoms with Gasteiger partial charge in [-0.15, -0.1) is 0 Å². The number of carbonyl (C=O) groups excluding carboxylic acids is 2. The van der Waals surface area contributed by atoms with Gasteiger partial charge in [-0.3, -0.25) is 9.59 Å². The van der Waals surface area contributed by atoms with Crippen molar-refractivity contribution in [2.75, 3.05) is 11.1 Å². The fraction of sp³-hybridized carbons (Fsp3) is 0.125. The van der Waals surface area contributed by atoms with Gasteiger partial charge in [0.25, 0.3) is 0 Å². The van der Waals surface area contributed by atoms with Crippen LogP contribution in [-0.4, -0.2) is 11.7 Å². The zero-order valence-electron chi connectivity index (χ0n) is 11.4. The summed E-state index contributed by atoms with van der Waals surface area (Å²) < 4.78 is 0. The number of hydrogen-bond acceptors (Lipinski definition) is 3. The van der Waals surface area contributed by atoms with Crippen molar-refractivity contribution in [2.45, 2.75) is 13.3 Å². The molecule has 5 heteroatoms. The van der Waals surface area contributed by atoms with Crippen LogP contribution in [0.5, 0.6) is 0 Å². The standard InChI is InChI=1S/C16H13ClN2O2/c1-8-4-9(2-3-13(8)18)16(21)11-5-10-6-15(20)19-14(10)7-12(11)17/h2-5,7H,6,18H2,1H3,(H,19,20). The van der Waals surface area contributed by atoms with Crippen molar-refractivity contribution in [2.24, 2.45) is 0 Å². The van der Waals surface area contributed by atoms with Gasteiger partial charge in [-0.1, -0.05) is 11.6 Å². The van der Waals surface area contributed by atoms with Crippen LogP contribution >= 0.6 is 11.6 Å². The maximum atomic E-state index is 12.6. The van der Waals surface area contributed by atoms with Gasteiger partial charge < -0.3 is 11.1 Å². The molecule has 4 nitrogen and oxygen atoms in total. The fourth-order valence-corrected chi connectivity index (χ4v) is 2.64. The lowest BCUT2D eigenvalue weighted by molar-refractivity contribution is -0.115. The molecular formula is C16H13ClN2O2. The lowest BCUT2D eigenvalue weighted by Gasteiger charge is -2.08. The van der Waals surface area contributed by atoms with E-state index in [-0.39, 0.29) is 18.1 Å². The van der Waals surface area contributed by atoms with Crippen LogP contribution in [0.25, 0.3) is 0 Å². The molecule has 0 aliphatic carbocycles. The quantitative estimate of drug-likeness (QED) is 0.661. The molecule has 0 unspecified atom stereocenters. The predicted octanol–water partition coefficient (Wildman–Crippen LogP) is 2.96. The molecule has 1 amide bonds. The predicted molar refractivity (Wildman–Crippen MR) is 82.8 cm³/mol. The minimum Gasteiger partial charge on any atom is -0.399 e. The monoisotopic (exact) mass is 300 g/mol. The second kappa shape index (κ2) is 4.90. The van der Waals surface area contributed by atoms with E-state index in [4.69, 9.17) is 17.3 Å². The first-order valence-electron chi connectivity index (χ1n) is 6.49. The van der Waals surface area contributed by atoms with Crippen molar-refractivity contribution in [1.29, 1.82) is 0 Å². The van der Waals surface area contributed by atoms with Crippen molar-refractivity contribution < 1.29 is 9.59 Å². The van der Waals surface area contributed by atoms with Crippen LogP contribution in [0.15, 0.2) is 30.3 Å². The molecule has 2 aromatic rings. The third kappa shape index (κ3) is 2.38. The van der Waals surface area contributed by atoms with E-state index in [2.05, 4.69) is 5.32 Å². The summed E-state index contributed by atoms with van der Waals surface area (Å²) >= 11 is 6.17. The number of nitrogens with one attached hydrogen (secondary N) is 1. The Bertz CT molecular complexity index is 784. The van der Waals surface area contributed by atoms with Crippen molar-refractivity contribution in [3.05, 3.63) is 57.6 Å². The number of benzene rings is 2. The number of aryl methyl sites for hydroxylation is 1. The Balaban J connectivity index is 2.04. The Morgan fingerprint density at radius 1 is 1.29 bits per heavy atom. The second-order valence-corrected chi connectivity index (χ2v) is 5.52. The van der Waals surface area contributed by atoms with Crippen LogP contribution in [0.4, 0.5) is 11.4 Å². The average molecular weight is 301 g/mol. The summed E-state index contributed by atoms with van der Waals surface area (Å²) in [6.07, 6.45) is 0.271. The molecule has 0 spiro atoms. The first kappa shape index (κ1) is 13.6. The average Bonchev–Trinajstić information content (AvgIpc) is 2.79. The van der Waals surface area contributed by atoms with E-state index < -0.39 is 0 Å². The van der Waals surface area contributed by atoms with E-state index in [0.29, 0.717) is 27.5 Å². The Morgan fingerprint density at radius 2 is 2.05 bits per heavy atom. The third-order valence-corrected chi connectivity index (χ3v) is 3.91. The SMILES string of the molecule is Cc1cc(C(=O)c2cc3c(cc2Cl)NC(=O)C3)ccc1N. The van der Waals surface area contributed by atoms with Crippen LogP contribution in [-0.2, 0) is 11.2 Å². The van der Waals surface area contributed by atoms with Gasteiger partial charge in [-0.2, -0.15) is 0 Å². The molecule has 106 valence electrons. The Kier molecular flexibility index (Phi) is 3.18. The molecule has 0 atom stereocenters. The van der Waals surface area contributed by atoms with Crippen LogP contribution in [0.2, 0.25) is 5.02 Å². The van der Waals surface area contributed by atoms with E-state index >= 15 is 0 Å². The molecule has 0 fully saturated rings. The third-order valence-electron chi connectivity index (χ3n) is 3.59. The summed E-state index contributed by atoms with van der Waals surface area (Å²) in [5.41, 5.74) is 9.64. The molecule has 0 bridgehead atoms. The van der Waals surface area contributed by atoms with Crippen molar-refractivity contribution in [1.82, 2.24) is 0 Å². The van der Waals surface area contributed by atoms with Gasteiger partial charge in [0.1, 0.15) is 0 Å². The first-order chi connectivity index (χ1) is 9.95. The zero-order chi connectivity index (χ0) is 15.1. The number of ketones is 1. The van der Waals surface area contributed by atoms with Crippen molar-refractivity contribution in [3.8, 4) is 0 Å². The van der Waals surface area contributed by atoms with Gasteiger partial charge >= 0.3 is 0 Å². The van der Waals surface area contributed by atoms with Gasteiger partial charge in [0.15, 0.2) is 5.78 Å². The molecule has 0 radical (unpaired) electrons. The lowest BCUT2D eigenvalue weighted by atomic mass is 9.98. The summed E-state index contributed by atoms with van der Waals surface area (Å²) in [6.45, 7) is 1.85. The maximum absolute atomic E-state index is 12.6. The molecule has 1 aliphatic rings. The molecule has 3 rings (SSSR count). The first-order valence-corrected chi connectivity index (χ1v) is 6.86. The zero-order valence-corrected chi connectivity index (χ0v) is 12.1. The smallest absolute Gasteiger partial charge is 0.228 e. The highest BCUT2D eigenvalue weighted by atomic mass is 35.5. The largest absolute Gasteiger partial charge is 0.399 e. The minimum absolute atomic E-state index is 0.0889. The molecule has 3 N–H and O–H groups in total. The molecule has 2 aromatic carbocycles. The molecule has 21 heavy (non-hydrogen) atoms. The van der Waals surface area contributed by atoms with Gasteiger partial charge in [0, 0.05) is 22.5 Å². The van der Waals surface area contributed by atoms with Gasteiger partial charge in [0.05, 0.1) is 11.4 Å². The van der Waals surface area contributed by atoms with Gasteiger partial charge in [0.2, 0.25) is 5.91 Å². The highest BCUT2D eigenvalue weighted by Crippen LogP contribution is 2.31. The van der Waals surface area contributed by atoms with Crippen LogP contribution < -0.4 is 11.1 Å². The number of anilines is 2. The number of amides is 1. The van der Waals surface area contributed by atoms with Crippen molar-refractivity contribution in [3.63, 3.8) is 0 Å². The number of carbonyl (C=O) groups is 2. The molecule has 0 aromatic heterocycles. The number of halogens is 1. The van der Waals surface area contributed by atoms with E-state index in [0.717, 1.165) is 11.1 Å². The van der Waals surface area contributed by atoms with E-state index in [1.807, 2.05) is 6.92 Å². The Morgan fingerprint density at radius 3 is 2.76 bits per heavy atom. The van der Waals surface area contributed by atoms with Crippen LogP contribution in [0.1, 0.15) is 27.0 Å². The number of nitrogen functional groups attached to an aromatic ring is 1. The molecule has 0 saturated carbocycles. The fourth-order valence-electron chi connectivity index (χ4n) is 2.39. The van der Waals surface area contributed by atoms with E-state index in [1.54, 1.807) is 30.3 Å². The molecule has 1 aliphatic heterocycles. The van der Waals surface area contributed by atoms with E-state index in [9.17, 15) is 9.59 Å². The Labute approximate surface area is 126 Å². The summed E-state index contributed by atoms with van der Waals surface area (Å²) in [5, 5.41) is 3.04. The lowest BCUT2D eigenvalue weighted by Crippen LogP contribution is -2.04. The highest BCUT2D eigenvalue weighted by molar-refractivity contribution is 6.35. The Hall–Kier alpha value is -2.33. The van der Waals surface area contributed by atoms with E-state index in [1.165, 1.54) is 0 Å². The van der Waals surface area contributed by atoms with Crippen LogP contribution in [0, 0.1) is 6.92 Å². The number of nitrogens with two attached hydrogens (primary N) is 1. The summed E-state index contributed by atoms with van der Waals surface area (Å²) in [7, 11) is 0. The number of fused-ring (bicyclic) bond motifs is 1. The summed E-state index contributed by atoms with van der Waals surface area (Å²) in [6, 6.07) is 8.43. The second-order valence-electron chi connectivity index (χ2n) is 5.11. The summed E-state index contributed by atoms with van der Waals surface area (Å²) in [4.78, 5) is 24.0. The van der Waals surface area contributed by atoms with Crippen LogP contribution in [0.3, 0.4) is 0 Å². The maximum Gasteiger partial charge on any atom is 0.228 e. The topological polar surface area (TPSA) is 72.2 Å². The number of hydrogen-bond donors (Lipinski definition) is 2. The molecule has 0 saturated heterocycles. The normalized spacial score (nSPS) is 13.0. The van der Waals surface area contributed by atoms with Gasteiger partial charge in [-0.25, -0.2) is 0 Å². The van der Waals surface area contributed by atoms with Crippen molar-refractivity contribution >= 4 is 34.7 Å². The number of rotatable bonds is 2. The minimum atomic E-state index is -0.176. The molecular weight excluding hydrogens is 288 g/mol. The molecule has 1 heterocycles. The summed E-state index contributed by atoms with van der Waals surface area (Å²) in [5.74, 6) is -0.265. The highest BCUT2D eigenvalue weighted by Gasteiger charge is 2.22.